The van der Waals surface area contributed by atoms with Gasteiger partial charge in [0, 0.05) is 52.5 Å². The van der Waals surface area contributed by atoms with Gasteiger partial charge < -0.3 is 28.4 Å². The minimum Gasteiger partial charge on any atom is -0.345 e. The third kappa shape index (κ3) is 3.79. The van der Waals surface area contributed by atoms with Gasteiger partial charge in [-0.3, -0.25) is 0 Å². The fourth-order valence-electron chi connectivity index (χ4n) is 3.75. The summed E-state index contributed by atoms with van der Waals surface area (Å²) in [5, 5.41) is 0. The molecule has 0 unspecified atom stereocenters. The van der Waals surface area contributed by atoms with E-state index in [0.29, 0.717) is 52.5 Å². The molecule has 0 aliphatic heterocycles. The number of hydrogen-bond donors (Lipinski definition) is 0. The second-order valence-electron chi connectivity index (χ2n) is 5.57. The Labute approximate surface area is 147 Å². The van der Waals surface area contributed by atoms with E-state index in [9.17, 15) is 0 Å². The lowest BCUT2D eigenvalue weighted by atomic mass is 9.81. The zero-order valence-corrected chi connectivity index (χ0v) is 16.3. The Morgan fingerprint density at radius 3 is 1.04 bits per heavy atom. The van der Waals surface area contributed by atoms with Gasteiger partial charge in [-0.2, -0.15) is 0 Å². The SMILES string of the molecule is CCOC1(OCC)CCCC(OCC)(OCC)C1(OCC)OCC. The first-order valence-corrected chi connectivity index (χ1v) is 9.41. The van der Waals surface area contributed by atoms with E-state index in [1.54, 1.807) is 0 Å². The van der Waals surface area contributed by atoms with Gasteiger partial charge in [0.1, 0.15) is 0 Å². The molecule has 0 spiro atoms. The summed E-state index contributed by atoms with van der Waals surface area (Å²) in [5.74, 6) is -3.41. The van der Waals surface area contributed by atoms with E-state index in [2.05, 4.69) is 0 Å². The lowest BCUT2D eigenvalue weighted by Crippen LogP contribution is -2.76. The van der Waals surface area contributed by atoms with Crippen LogP contribution in [0.25, 0.3) is 0 Å². The van der Waals surface area contributed by atoms with Crippen molar-refractivity contribution in [2.24, 2.45) is 0 Å². The molecule has 6 heteroatoms. The highest BCUT2D eigenvalue weighted by molar-refractivity contribution is 5.05. The molecule has 0 aromatic heterocycles. The third-order valence-corrected chi connectivity index (χ3v) is 4.22. The molecule has 0 amide bonds. The Bertz CT molecular complexity index is 291. The van der Waals surface area contributed by atoms with Crippen molar-refractivity contribution in [3.63, 3.8) is 0 Å². The van der Waals surface area contributed by atoms with Crippen molar-refractivity contribution in [3.05, 3.63) is 0 Å². The van der Waals surface area contributed by atoms with Crippen molar-refractivity contribution < 1.29 is 28.4 Å². The molecule has 0 aromatic carbocycles. The van der Waals surface area contributed by atoms with Gasteiger partial charge in [0.25, 0.3) is 5.79 Å². The fraction of sp³-hybridized carbons (Fsp3) is 1.00. The molecule has 1 fully saturated rings. The molecule has 0 N–H and O–H groups in total. The zero-order chi connectivity index (χ0) is 18.1. The normalized spacial score (nSPS) is 21.8. The van der Waals surface area contributed by atoms with E-state index >= 15 is 0 Å². The van der Waals surface area contributed by atoms with Crippen LogP contribution in [0.15, 0.2) is 0 Å². The third-order valence-electron chi connectivity index (χ3n) is 4.22. The standard InChI is InChI=1S/C18H36O6/c1-7-19-16(20-8-2)14-13-15-17(21-9-3,22-10-4)18(16,23-11-5)24-12-6/h7-15H2,1-6H3. The first-order chi connectivity index (χ1) is 11.6. The van der Waals surface area contributed by atoms with Crippen molar-refractivity contribution in [1.82, 2.24) is 0 Å². The Kier molecular flexibility index (Phi) is 9.12. The maximum Gasteiger partial charge on any atom is 0.279 e. The van der Waals surface area contributed by atoms with Crippen LogP contribution in [0, 0.1) is 0 Å². The van der Waals surface area contributed by atoms with E-state index in [4.69, 9.17) is 28.4 Å². The fourth-order valence-corrected chi connectivity index (χ4v) is 3.75. The summed E-state index contributed by atoms with van der Waals surface area (Å²) in [6, 6.07) is 0. The second-order valence-corrected chi connectivity index (χ2v) is 5.57. The maximum absolute atomic E-state index is 6.23. The molecule has 1 aliphatic rings. The molecule has 0 aromatic rings. The molecule has 6 nitrogen and oxygen atoms in total. The van der Waals surface area contributed by atoms with Crippen LogP contribution in [0.3, 0.4) is 0 Å². The molecular formula is C18H36O6. The summed E-state index contributed by atoms with van der Waals surface area (Å²) >= 11 is 0. The number of rotatable bonds is 12. The van der Waals surface area contributed by atoms with E-state index in [1.807, 2.05) is 41.5 Å². The Morgan fingerprint density at radius 2 is 0.792 bits per heavy atom. The van der Waals surface area contributed by atoms with Crippen LogP contribution in [0.4, 0.5) is 0 Å². The molecule has 144 valence electrons. The minimum absolute atomic E-state index is 0.434. The Morgan fingerprint density at radius 1 is 0.500 bits per heavy atom. The monoisotopic (exact) mass is 348 g/mol. The van der Waals surface area contributed by atoms with E-state index in [1.165, 1.54) is 0 Å². The molecule has 0 radical (unpaired) electrons. The van der Waals surface area contributed by atoms with Gasteiger partial charge in [-0.1, -0.05) is 0 Å². The molecule has 0 atom stereocenters. The van der Waals surface area contributed by atoms with Crippen LogP contribution in [-0.2, 0) is 28.4 Å². The van der Waals surface area contributed by atoms with Gasteiger partial charge in [-0.05, 0) is 48.0 Å². The average Bonchev–Trinajstić information content (AvgIpc) is 2.54. The summed E-state index contributed by atoms with van der Waals surface area (Å²) < 4.78 is 37.1. The summed E-state index contributed by atoms with van der Waals surface area (Å²) in [6.07, 6.45) is 2.16. The summed E-state index contributed by atoms with van der Waals surface area (Å²) in [7, 11) is 0. The lowest BCUT2D eigenvalue weighted by molar-refractivity contribution is -0.507. The molecule has 0 heterocycles. The lowest BCUT2D eigenvalue weighted by Gasteiger charge is -2.58. The number of hydrogen-bond acceptors (Lipinski definition) is 6. The highest BCUT2D eigenvalue weighted by atomic mass is 16.8. The van der Waals surface area contributed by atoms with Crippen LogP contribution < -0.4 is 0 Å². The maximum atomic E-state index is 6.23. The first kappa shape index (κ1) is 21.8. The van der Waals surface area contributed by atoms with Crippen molar-refractivity contribution in [2.75, 3.05) is 39.6 Å². The van der Waals surface area contributed by atoms with E-state index in [-0.39, 0.29) is 0 Å². The van der Waals surface area contributed by atoms with Crippen LogP contribution in [0.1, 0.15) is 60.8 Å². The van der Waals surface area contributed by atoms with Gasteiger partial charge in [0.15, 0.2) is 0 Å². The molecular weight excluding hydrogens is 312 g/mol. The van der Waals surface area contributed by atoms with Crippen LogP contribution in [0.5, 0.6) is 0 Å². The highest BCUT2D eigenvalue weighted by Crippen LogP contribution is 2.52. The average molecular weight is 348 g/mol. The van der Waals surface area contributed by atoms with Crippen molar-refractivity contribution in [3.8, 4) is 0 Å². The van der Waals surface area contributed by atoms with Gasteiger partial charge in [0.05, 0.1) is 0 Å². The number of ether oxygens (including phenoxy) is 6. The summed E-state index contributed by atoms with van der Waals surface area (Å²) in [6.45, 7) is 14.4. The minimum atomic E-state index is -1.28. The van der Waals surface area contributed by atoms with Crippen LogP contribution >= 0.6 is 0 Å². The van der Waals surface area contributed by atoms with Crippen LogP contribution in [0.2, 0.25) is 0 Å². The van der Waals surface area contributed by atoms with Crippen molar-refractivity contribution >= 4 is 0 Å². The van der Waals surface area contributed by atoms with E-state index in [0.717, 1.165) is 6.42 Å². The van der Waals surface area contributed by atoms with Crippen LogP contribution in [-0.4, -0.2) is 57.0 Å². The van der Waals surface area contributed by atoms with Crippen molar-refractivity contribution in [1.29, 1.82) is 0 Å². The van der Waals surface area contributed by atoms with Gasteiger partial charge >= 0.3 is 0 Å². The van der Waals surface area contributed by atoms with Gasteiger partial charge in [-0.15, -0.1) is 0 Å². The smallest absolute Gasteiger partial charge is 0.279 e. The topological polar surface area (TPSA) is 55.4 Å². The molecule has 24 heavy (non-hydrogen) atoms. The molecule has 1 saturated carbocycles. The first-order valence-electron chi connectivity index (χ1n) is 9.41. The Hall–Kier alpha value is -0.240. The molecule has 1 aliphatic carbocycles. The highest BCUT2D eigenvalue weighted by Gasteiger charge is 2.72. The largest absolute Gasteiger partial charge is 0.345 e. The Balaban J connectivity index is 3.53. The summed E-state index contributed by atoms with van der Waals surface area (Å²) in [4.78, 5) is 0. The summed E-state index contributed by atoms with van der Waals surface area (Å²) in [5.41, 5.74) is 0. The van der Waals surface area contributed by atoms with Gasteiger partial charge in [0.2, 0.25) is 11.6 Å². The van der Waals surface area contributed by atoms with Gasteiger partial charge in [-0.25, -0.2) is 0 Å². The molecule has 0 bridgehead atoms. The quantitative estimate of drug-likeness (QED) is 0.503. The predicted octanol–water partition coefficient (Wildman–Crippen LogP) is 3.48. The van der Waals surface area contributed by atoms with Crippen molar-refractivity contribution in [2.45, 2.75) is 78.2 Å². The second kappa shape index (κ2) is 10.0. The molecule has 0 saturated heterocycles. The zero-order valence-electron chi connectivity index (χ0n) is 16.3. The predicted molar refractivity (Wildman–Crippen MR) is 91.8 cm³/mol. The molecule has 1 rings (SSSR count). The van der Waals surface area contributed by atoms with E-state index < -0.39 is 17.4 Å².